The molecule has 3 aromatic rings. The number of hydrogen-bond acceptors (Lipinski definition) is 3. The Hall–Kier alpha value is -2.89. The predicted octanol–water partition coefficient (Wildman–Crippen LogP) is 2.29. The second kappa shape index (κ2) is 6.31. The zero-order valence-corrected chi connectivity index (χ0v) is 14.0. The number of amides is 1. The van der Waals surface area contributed by atoms with Crippen molar-refractivity contribution < 1.29 is 4.79 Å². The molecule has 0 aliphatic carbocycles. The highest BCUT2D eigenvalue weighted by Gasteiger charge is 2.14. The number of aromatic amines is 1. The number of carbonyl (C=O) groups is 1. The van der Waals surface area contributed by atoms with Crippen molar-refractivity contribution in [3.8, 4) is 0 Å². The van der Waals surface area contributed by atoms with Gasteiger partial charge in [0.25, 0.3) is 11.5 Å². The predicted molar refractivity (Wildman–Crippen MR) is 93.1 cm³/mol. The van der Waals surface area contributed by atoms with Crippen molar-refractivity contribution >= 4 is 16.8 Å². The fourth-order valence-corrected chi connectivity index (χ4v) is 2.92. The molecule has 6 heteroatoms. The largest absolute Gasteiger partial charge is 0.348 e. The van der Waals surface area contributed by atoms with Gasteiger partial charge < -0.3 is 10.3 Å². The van der Waals surface area contributed by atoms with Gasteiger partial charge >= 0.3 is 0 Å². The topological polar surface area (TPSA) is 79.8 Å². The maximum Gasteiger partial charge on any atom is 0.253 e. The van der Waals surface area contributed by atoms with Gasteiger partial charge in [-0.2, -0.15) is 5.10 Å². The van der Waals surface area contributed by atoms with E-state index in [1.54, 1.807) is 12.3 Å². The van der Waals surface area contributed by atoms with Gasteiger partial charge in [0.2, 0.25) is 0 Å². The smallest absolute Gasteiger partial charge is 0.253 e. The molecular formula is C18H20N4O2. The summed E-state index contributed by atoms with van der Waals surface area (Å²) in [7, 11) is 0. The lowest BCUT2D eigenvalue weighted by Crippen LogP contribution is -2.28. The van der Waals surface area contributed by atoms with Crippen LogP contribution >= 0.6 is 0 Å². The molecule has 2 aromatic heterocycles. The summed E-state index contributed by atoms with van der Waals surface area (Å²) in [6.45, 7) is 6.65. The van der Waals surface area contributed by atoms with Crippen LogP contribution in [-0.2, 0) is 13.1 Å². The SMILES string of the molecule is CCn1ncc2c(C(=O)NCc3c(C)cc(C)[nH]c3=O)cccc21. The molecule has 0 radical (unpaired) electrons. The molecule has 124 valence electrons. The molecule has 6 nitrogen and oxygen atoms in total. The van der Waals surface area contributed by atoms with Gasteiger partial charge in [-0.25, -0.2) is 0 Å². The number of aromatic nitrogens is 3. The Labute approximate surface area is 139 Å². The van der Waals surface area contributed by atoms with Gasteiger partial charge in [0.05, 0.1) is 17.3 Å². The number of benzene rings is 1. The van der Waals surface area contributed by atoms with E-state index in [4.69, 9.17) is 0 Å². The zero-order chi connectivity index (χ0) is 17.3. The van der Waals surface area contributed by atoms with Crippen LogP contribution in [0.4, 0.5) is 0 Å². The van der Waals surface area contributed by atoms with Gasteiger partial charge in [-0.05, 0) is 44.5 Å². The van der Waals surface area contributed by atoms with Gasteiger partial charge in [-0.3, -0.25) is 14.3 Å². The Morgan fingerprint density at radius 2 is 2.12 bits per heavy atom. The van der Waals surface area contributed by atoms with Gasteiger partial charge in [-0.1, -0.05) is 6.07 Å². The van der Waals surface area contributed by atoms with Crippen molar-refractivity contribution in [2.24, 2.45) is 0 Å². The Morgan fingerprint density at radius 3 is 2.83 bits per heavy atom. The summed E-state index contributed by atoms with van der Waals surface area (Å²) >= 11 is 0. The third-order valence-corrected chi connectivity index (χ3v) is 4.15. The van der Waals surface area contributed by atoms with E-state index in [9.17, 15) is 9.59 Å². The third-order valence-electron chi connectivity index (χ3n) is 4.15. The average Bonchev–Trinajstić information content (AvgIpc) is 2.96. The number of carbonyl (C=O) groups excluding carboxylic acids is 1. The highest BCUT2D eigenvalue weighted by atomic mass is 16.1. The summed E-state index contributed by atoms with van der Waals surface area (Å²) in [4.78, 5) is 27.4. The molecule has 0 bridgehead atoms. The molecule has 0 saturated heterocycles. The van der Waals surface area contributed by atoms with Crippen LogP contribution in [0.25, 0.3) is 10.9 Å². The summed E-state index contributed by atoms with van der Waals surface area (Å²) in [6.07, 6.45) is 1.71. The molecule has 2 heterocycles. The van der Waals surface area contributed by atoms with Crippen LogP contribution in [0.5, 0.6) is 0 Å². The van der Waals surface area contributed by atoms with E-state index in [-0.39, 0.29) is 18.0 Å². The van der Waals surface area contributed by atoms with Crippen molar-refractivity contribution in [2.45, 2.75) is 33.9 Å². The summed E-state index contributed by atoms with van der Waals surface area (Å²) < 4.78 is 1.85. The molecule has 0 aliphatic heterocycles. The molecule has 0 atom stereocenters. The normalized spacial score (nSPS) is 11.0. The standard InChI is InChI=1S/C18H20N4O2/c1-4-22-16-7-5-6-13(15(16)10-20-22)17(23)19-9-14-11(2)8-12(3)21-18(14)24/h5-8,10H,4,9H2,1-3H3,(H,19,23)(H,21,24). The van der Waals surface area contributed by atoms with Crippen LogP contribution < -0.4 is 10.9 Å². The summed E-state index contributed by atoms with van der Waals surface area (Å²) in [5.74, 6) is -0.212. The number of hydrogen-bond donors (Lipinski definition) is 2. The number of fused-ring (bicyclic) bond motifs is 1. The molecule has 24 heavy (non-hydrogen) atoms. The molecule has 0 unspecified atom stereocenters. The van der Waals surface area contributed by atoms with E-state index < -0.39 is 0 Å². The Morgan fingerprint density at radius 1 is 1.33 bits per heavy atom. The van der Waals surface area contributed by atoms with E-state index >= 15 is 0 Å². The molecule has 1 aromatic carbocycles. The average molecular weight is 324 g/mol. The lowest BCUT2D eigenvalue weighted by molar-refractivity contribution is 0.0952. The first-order valence-electron chi connectivity index (χ1n) is 7.93. The van der Waals surface area contributed by atoms with Crippen molar-refractivity contribution in [3.05, 3.63) is 63.2 Å². The van der Waals surface area contributed by atoms with Gasteiger partial charge in [-0.15, -0.1) is 0 Å². The van der Waals surface area contributed by atoms with Crippen LogP contribution in [0, 0.1) is 13.8 Å². The number of aryl methyl sites for hydroxylation is 3. The molecule has 2 N–H and O–H groups in total. The van der Waals surface area contributed by atoms with Crippen molar-refractivity contribution in [3.63, 3.8) is 0 Å². The monoisotopic (exact) mass is 324 g/mol. The first kappa shape index (κ1) is 16.0. The molecular weight excluding hydrogens is 304 g/mol. The van der Waals surface area contributed by atoms with Crippen molar-refractivity contribution in [2.75, 3.05) is 0 Å². The number of pyridine rings is 1. The Bertz CT molecular complexity index is 969. The fraction of sp³-hybridized carbons (Fsp3) is 0.278. The first-order valence-corrected chi connectivity index (χ1v) is 7.93. The van der Waals surface area contributed by atoms with E-state index in [0.29, 0.717) is 11.1 Å². The summed E-state index contributed by atoms with van der Waals surface area (Å²) in [6, 6.07) is 7.45. The maximum absolute atomic E-state index is 12.6. The summed E-state index contributed by atoms with van der Waals surface area (Å²) in [5, 5.41) is 7.95. The van der Waals surface area contributed by atoms with Gasteiger partial charge in [0, 0.05) is 29.7 Å². The van der Waals surface area contributed by atoms with Crippen LogP contribution in [0.2, 0.25) is 0 Å². The van der Waals surface area contributed by atoms with E-state index in [1.807, 2.05) is 43.7 Å². The first-order chi connectivity index (χ1) is 11.5. The van der Waals surface area contributed by atoms with Crippen LogP contribution in [-0.4, -0.2) is 20.7 Å². The lowest BCUT2D eigenvalue weighted by Gasteiger charge is -2.09. The molecule has 0 fully saturated rings. The number of nitrogens with zero attached hydrogens (tertiary/aromatic N) is 2. The minimum Gasteiger partial charge on any atom is -0.348 e. The Kier molecular flexibility index (Phi) is 4.20. The molecule has 0 aliphatic rings. The van der Waals surface area contributed by atoms with Gasteiger partial charge in [0.1, 0.15) is 0 Å². The molecule has 3 rings (SSSR count). The second-order valence-electron chi connectivity index (χ2n) is 5.82. The number of nitrogens with one attached hydrogen (secondary N) is 2. The van der Waals surface area contributed by atoms with E-state index in [2.05, 4.69) is 15.4 Å². The maximum atomic E-state index is 12.6. The Balaban J connectivity index is 1.86. The quantitative estimate of drug-likeness (QED) is 0.773. The molecule has 0 saturated carbocycles. The van der Waals surface area contributed by atoms with E-state index in [0.717, 1.165) is 28.7 Å². The zero-order valence-electron chi connectivity index (χ0n) is 14.0. The minimum atomic E-state index is -0.212. The fourth-order valence-electron chi connectivity index (χ4n) is 2.92. The summed E-state index contributed by atoms with van der Waals surface area (Å²) in [5.41, 5.74) is 3.58. The van der Waals surface area contributed by atoms with Gasteiger partial charge in [0.15, 0.2) is 0 Å². The van der Waals surface area contributed by atoms with Crippen LogP contribution in [0.15, 0.2) is 35.3 Å². The van der Waals surface area contributed by atoms with E-state index in [1.165, 1.54) is 0 Å². The molecule has 1 amide bonds. The van der Waals surface area contributed by atoms with Crippen LogP contribution in [0.1, 0.15) is 34.1 Å². The van der Waals surface area contributed by atoms with Crippen molar-refractivity contribution in [1.82, 2.24) is 20.1 Å². The number of rotatable bonds is 4. The van der Waals surface area contributed by atoms with Crippen LogP contribution in [0.3, 0.4) is 0 Å². The number of H-pyrrole nitrogens is 1. The van der Waals surface area contributed by atoms with Crippen molar-refractivity contribution in [1.29, 1.82) is 0 Å². The lowest BCUT2D eigenvalue weighted by atomic mass is 10.1. The minimum absolute atomic E-state index is 0.162. The third kappa shape index (κ3) is 2.82. The molecule has 0 spiro atoms. The highest BCUT2D eigenvalue weighted by molar-refractivity contribution is 6.06. The second-order valence-corrected chi connectivity index (χ2v) is 5.82. The highest BCUT2D eigenvalue weighted by Crippen LogP contribution is 2.18.